The van der Waals surface area contributed by atoms with E-state index in [9.17, 15) is 0 Å². The van der Waals surface area contributed by atoms with Gasteiger partial charge in [0.15, 0.2) is 0 Å². The molecule has 0 amide bonds. The molecular weight excluding hydrogens is 190 g/mol. The van der Waals surface area contributed by atoms with Gasteiger partial charge in [-0.05, 0) is 20.3 Å². The first kappa shape index (κ1) is 14.9. The van der Waals surface area contributed by atoms with Crippen LogP contribution in [0.25, 0.3) is 0 Å². The number of hydrogen-bond donors (Lipinski definition) is 2. The van der Waals surface area contributed by atoms with Crippen molar-refractivity contribution in [2.45, 2.75) is 71.1 Å². The van der Waals surface area contributed by atoms with Gasteiger partial charge in [-0.3, -0.25) is 0 Å². The first-order chi connectivity index (χ1) is 7.11. The van der Waals surface area contributed by atoms with Crippen LogP contribution in [0.3, 0.4) is 0 Å². The lowest BCUT2D eigenvalue weighted by Gasteiger charge is -2.23. The van der Waals surface area contributed by atoms with Crippen LogP contribution in [0.5, 0.6) is 0 Å². The van der Waals surface area contributed by atoms with E-state index in [0.717, 1.165) is 6.42 Å². The molecule has 0 spiro atoms. The predicted octanol–water partition coefficient (Wildman–Crippen LogP) is 2.07. The molecule has 0 aromatic heterocycles. The van der Waals surface area contributed by atoms with Gasteiger partial charge in [-0.15, -0.1) is 0 Å². The van der Waals surface area contributed by atoms with Gasteiger partial charge in [-0.2, -0.15) is 0 Å². The minimum Gasteiger partial charge on any atom is -0.394 e. The lowest BCUT2D eigenvalue weighted by molar-refractivity contribution is -0.0443. The van der Waals surface area contributed by atoms with Crippen molar-refractivity contribution in [3.8, 4) is 0 Å². The number of aliphatic hydroxyl groups is 1. The third-order valence-electron chi connectivity index (χ3n) is 2.64. The summed E-state index contributed by atoms with van der Waals surface area (Å²) in [6, 6.07) is -0.104. The number of nitrogens with two attached hydrogens (primary N) is 1. The lowest BCUT2D eigenvalue weighted by Crippen LogP contribution is -2.39. The molecule has 92 valence electrons. The molecule has 0 aliphatic rings. The Morgan fingerprint density at radius 3 is 2.33 bits per heavy atom. The highest BCUT2D eigenvalue weighted by atomic mass is 16.5. The number of unbranched alkanes of at least 4 members (excludes halogenated alkanes) is 3. The summed E-state index contributed by atoms with van der Waals surface area (Å²) in [7, 11) is 0. The molecule has 3 heteroatoms. The SMILES string of the molecule is CCCCCCC(C)OC(CO)C(C)N. The summed E-state index contributed by atoms with van der Waals surface area (Å²) in [6.07, 6.45) is 6.07. The van der Waals surface area contributed by atoms with Gasteiger partial charge in [0.05, 0.1) is 18.8 Å². The monoisotopic (exact) mass is 217 g/mol. The van der Waals surface area contributed by atoms with Gasteiger partial charge in [0.2, 0.25) is 0 Å². The highest BCUT2D eigenvalue weighted by Gasteiger charge is 2.16. The molecule has 0 aliphatic heterocycles. The maximum absolute atomic E-state index is 9.05. The standard InChI is InChI=1S/C12H27NO2/c1-4-5-6-7-8-10(2)15-12(9-14)11(3)13/h10-12,14H,4-9,13H2,1-3H3. The molecule has 0 aromatic rings. The molecule has 0 rings (SSSR count). The highest BCUT2D eigenvalue weighted by molar-refractivity contribution is 4.69. The van der Waals surface area contributed by atoms with Gasteiger partial charge in [-0.25, -0.2) is 0 Å². The first-order valence-corrected chi connectivity index (χ1v) is 6.13. The van der Waals surface area contributed by atoms with E-state index in [1.807, 2.05) is 6.92 Å². The third kappa shape index (κ3) is 7.77. The number of rotatable bonds is 9. The van der Waals surface area contributed by atoms with E-state index in [1.165, 1.54) is 25.7 Å². The fourth-order valence-corrected chi connectivity index (χ4v) is 1.56. The summed E-state index contributed by atoms with van der Waals surface area (Å²) in [5, 5.41) is 9.05. The maximum atomic E-state index is 9.05. The lowest BCUT2D eigenvalue weighted by atomic mass is 10.1. The number of hydrogen-bond acceptors (Lipinski definition) is 3. The van der Waals surface area contributed by atoms with Gasteiger partial charge < -0.3 is 15.6 Å². The van der Waals surface area contributed by atoms with E-state index in [1.54, 1.807) is 0 Å². The van der Waals surface area contributed by atoms with E-state index in [0.29, 0.717) is 0 Å². The zero-order valence-electron chi connectivity index (χ0n) is 10.4. The molecule has 3 nitrogen and oxygen atoms in total. The second-order valence-corrected chi connectivity index (χ2v) is 4.38. The molecule has 0 aliphatic carbocycles. The predicted molar refractivity (Wildman–Crippen MR) is 63.8 cm³/mol. The van der Waals surface area contributed by atoms with Crippen LogP contribution in [0.2, 0.25) is 0 Å². The van der Waals surface area contributed by atoms with Crippen molar-refractivity contribution in [1.29, 1.82) is 0 Å². The van der Waals surface area contributed by atoms with E-state index < -0.39 is 0 Å². The largest absolute Gasteiger partial charge is 0.394 e. The van der Waals surface area contributed by atoms with Gasteiger partial charge in [0.1, 0.15) is 0 Å². The molecule has 0 fully saturated rings. The molecule has 0 bridgehead atoms. The van der Waals surface area contributed by atoms with Crippen LogP contribution in [0, 0.1) is 0 Å². The molecule has 0 heterocycles. The quantitative estimate of drug-likeness (QED) is 0.581. The Morgan fingerprint density at radius 2 is 1.87 bits per heavy atom. The van der Waals surface area contributed by atoms with Crippen molar-refractivity contribution in [2.75, 3.05) is 6.61 Å². The Labute approximate surface area is 94.0 Å². The van der Waals surface area contributed by atoms with Crippen LogP contribution >= 0.6 is 0 Å². The van der Waals surface area contributed by atoms with Crippen molar-refractivity contribution in [3.63, 3.8) is 0 Å². The smallest absolute Gasteiger partial charge is 0.0956 e. The van der Waals surface area contributed by atoms with Crippen LogP contribution in [-0.2, 0) is 4.74 Å². The summed E-state index contributed by atoms with van der Waals surface area (Å²) < 4.78 is 5.67. The third-order valence-corrected chi connectivity index (χ3v) is 2.64. The maximum Gasteiger partial charge on any atom is 0.0956 e. The van der Waals surface area contributed by atoms with Crippen LogP contribution in [0.1, 0.15) is 52.9 Å². The number of aliphatic hydroxyl groups excluding tert-OH is 1. The van der Waals surface area contributed by atoms with Crippen LogP contribution in [0.4, 0.5) is 0 Å². The molecule has 0 saturated carbocycles. The molecule has 3 atom stereocenters. The molecule has 0 saturated heterocycles. The van der Waals surface area contributed by atoms with Gasteiger partial charge in [-0.1, -0.05) is 32.6 Å². The molecule has 15 heavy (non-hydrogen) atoms. The summed E-state index contributed by atoms with van der Waals surface area (Å²) in [4.78, 5) is 0. The fourth-order valence-electron chi connectivity index (χ4n) is 1.56. The Morgan fingerprint density at radius 1 is 1.20 bits per heavy atom. The second-order valence-electron chi connectivity index (χ2n) is 4.38. The Hall–Kier alpha value is -0.120. The average Bonchev–Trinajstić information content (AvgIpc) is 2.20. The minimum atomic E-state index is -0.217. The van der Waals surface area contributed by atoms with Crippen molar-refractivity contribution in [1.82, 2.24) is 0 Å². The van der Waals surface area contributed by atoms with Crippen molar-refractivity contribution in [3.05, 3.63) is 0 Å². The normalized spacial score (nSPS) is 17.4. The summed E-state index contributed by atoms with van der Waals surface area (Å²) >= 11 is 0. The zero-order chi connectivity index (χ0) is 11.7. The molecule has 0 aromatic carbocycles. The van der Waals surface area contributed by atoms with E-state index >= 15 is 0 Å². The van der Waals surface area contributed by atoms with E-state index in [-0.39, 0.29) is 24.9 Å². The molecule has 0 radical (unpaired) electrons. The van der Waals surface area contributed by atoms with Gasteiger partial charge >= 0.3 is 0 Å². The average molecular weight is 217 g/mol. The summed E-state index contributed by atoms with van der Waals surface area (Å²) in [5.41, 5.74) is 5.69. The highest BCUT2D eigenvalue weighted by Crippen LogP contribution is 2.10. The Kier molecular flexibility index (Phi) is 9.06. The topological polar surface area (TPSA) is 55.5 Å². The van der Waals surface area contributed by atoms with E-state index in [4.69, 9.17) is 15.6 Å². The minimum absolute atomic E-state index is 0.0109. The second kappa shape index (κ2) is 9.13. The first-order valence-electron chi connectivity index (χ1n) is 6.13. The molecular formula is C12H27NO2. The Bertz CT molecular complexity index is 140. The van der Waals surface area contributed by atoms with Crippen molar-refractivity contribution in [2.24, 2.45) is 5.73 Å². The summed E-state index contributed by atoms with van der Waals surface area (Å²) in [6.45, 7) is 6.14. The fraction of sp³-hybridized carbons (Fsp3) is 1.00. The van der Waals surface area contributed by atoms with Crippen molar-refractivity contribution >= 4 is 0 Å². The van der Waals surface area contributed by atoms with Crippen LogP contribution in [-0.4, -0.2) is 30.0 Å². The zero-order valence-corrected chi connectivity index (χ0v) is 10.4. The van der Waals surface area contributed by atoms with Crippen LogP contribution in [0.15, 0.2) is 0 Å². The van der Waals surface area contributed by atoms with Gasteiger partial charge in [0, 0.05) is 6.04 Å². The van der Waals surface area contributed by atoms with Crippen molar-refractivity contribution < 1.29 is 9.84 Å². The molecule has 3 N–H and O–H groups in total. The Balaban J connectivity index is 3.57. The number of ether oxygens (including phenoxy) is 1. The van der Waals surface area contributed by atoms with Crippen LogP contribution < -0.4 is 5.73 Å². The van der Waals surface area contributed by atoms with E-state index in [2.05, 4.69) is 13.8 Å². The molecule has 3 unspecified atom stereocenters. The summed E-state index contributed by atoms with van der Waals surface area (Å²) in [5.74, 6) is 0. The van der Waals surface area contributed by atoms with Gasteiger partial charge in [0.25, 0.3) is 0 Å².